The van der Waals surface area contributed by atoms with Gasteiger partial charge in [-0.05, 0) is 24.6 Å². The third kappa shape index (κ3) is 4.01. The highest BCUT2D eigenvalue weighted by Gasteiger charge is 2.08. The van der Waals surface area contributed by atoms with Crippen molar-refractivity contribution < 1.29 is 4.79 Å². The van der Waals surface area contributed by atoms with Gasteiger partial charge in [0.25, 0.3) is 5.91 Å². The van der Waals surface area contributed by atoms with Crippen LogP contribution in [0.25, 0.3) is 0 Å². The van der Waals surface area contributed by atoms with Gasteiger partial charge in [-0.2, -0.15) is 5.26 Å². The number of carbonyl (C=O) groups excluding carboxylic acids is 1. The van der Waals surface area contributed by atoms with Crippen molar-refractivity contribution in [3.8, 4) is 6.07 Å². The third-order valence-electron chi connectivity index (χ3n) is 2.76. The van der Waals surface area contributed by atoms with Crippen LogP contribution >= 0.6 is 0 Å². The summed E-state index contributed by atoms with van der Waals surface area (Å²) in [6.07, 6.45) is 3.00. The first-order valence-corrected chi connectivity index (χ1v) is 6.56. The maximum atomic E-state index is 12.0. The number of anilines is 1. The average Bonchev–Trinajstić information content (AvgIpc) is 2.53. The van der Waals surface area contributed by atoms with Gasteiger partial charge in [0.1, 0.15) is 11.5 Å². The minimum Gasteiger partial charge on any atom is -0.369 e. The van der Waals surface area contributed by atoms with E-state index in [9.17, 15) is 4.79 Å². The van der Waals surface area contributed by atoms with Crippen LogP contribution in [0.5, 0.6) is 0 Å². The van der Waals surface area contributed by atoms with Gasteiger partial charge in [-0.25, -0.2) is 4.98 Å². The number of amides is 1. The van der Waals surface area contributed by atoms with E-state index in [1.165, 1.54) is 6.20 Å². The van der Waals surface area contributed by atoms with Gasteiger partial charge in [-0.15, -0.1) is 0 Å². The van der Waals surface area contributed by atoms with Crippen LogP contribution in [-0.4, -0.2) is 22.4 Å². The Bertz CT molecular complexity index is 661. The minimum absolute atomic E-state index is 0.266. The molecule has 1 heterocycles. The standard InChI is InChI=1S/C15H15N5O/c1-2-18-14-10-17-9-13(20-14)15(21)19-8-12-5-3-11(7-16)4-6-12/h3-6,9-10H,2,8H2,1H3,(H,18,20)(H,19,21). The Kier molecular flexibility index (Phi) is 4.83. The lowest BCUT2D eigenvalue weighted by atomic mass is 10.1. The second-order valence-corrected chi connectivity index (χ2v) is 4.31. The quantitative estimate of drug-likeness (QED) is 0.870. The van der Waals surface area contributed by atoms with Gasteiger partial charge in [0.05, 0.1) is 24.0 Å². The first kappa shape index (κ1) is 14.5. The molecular weight excluding hydrogens is 266 g/mol. The number of carbonyl (C=O) groups is 1. The Balaban J connectivity index is 1.97. The zero-order chi connectivity index (χ0) is 15.1. The zero-order valence-corrected chi connectivity index (χ0v) is 11.6. The molecule has 0 unspecified atom stereocenters. The molecule has 21 heavy (non-hydrogen) atoms. The van der Waals surface area contributed by atoms with Gasteiger partial charge in [0, 0.05) is 13.1 Å². The maximum Gasteiger partial charge on any atom is 0.271 e. The van der Waals surface area contributed by atoms with Crippen molar-refractivity contribution in [3.05, 3.63) is 53.5 Å². The molecule has 0 aliphatic carbocycles. The fourth-order valence-corrected chi connectivity index (χ4v) is 1.71. The van der Waals surface area contributed by atoms with Crippen LogP contribution in [0.1, 0.15) is 28.5 Å². The van der Waals surface area contributed by atoms with E-state index < -0.39 is 0 Å². The molecule has 0 saturated heterocycles. The van der Waals surface area contributed by atoms with Crippen molar-refractivity contribution in [1.29, 1.82) is 5.26 Å². The minimum atomic E-state index is -0.286. The lowest BCUT2D eigenvalue weighted by molar-refractivity contribution is 0.0945. The van der Waals surface area contributed by atoms with Crippen molar-refractivity contribution >= 4 is 11.7 Å². The summed E-state index contributed by atoms with van der Waals surface area (Å²) in [4.78, 5) is 20.2. The second-order valence-electron chi connectivity index (χ2n) is 4.31. The van der Waals surface area contributed by atoms with Crippen LogP contribution in [-0.2, 0) is 6.54 Å². The van der Waals surface area contributed by atoms with Crippen LogP contribution in [0.3, 0.4) is 0 Å². The number of nitriles is 1. The van der Waals surface area contributed by atoms with Crippen LogP contribution in [0.15, 0.2) is 36.7 Å². The lowest BCUT2D eigenvalue weighted by Crippen LogP contribution is -2.24. The van der Waals surface area contributed by atoms with E-state index in [0.29, 0.717) is 24.5 Å². The molecule has 6 nitrogen and oxygen atoms in total. The molecule has 0 saturated carbocycles. The van der Waals surface area contributed by atoms with Crippen molar-refractivity contribution in [2.75, 3.05) is 11.9 Å². The van der Waals surface area contributed by atoms with Crippen LogP contribution in [0, 0.1) is 11.3 Å². The largest absolute Gasteiger partial charge is 0.369 e. The highest BCUT2D eigenvalue weighted by molar-refractivity contribution is 5.92. The molecule has 0 aliphatic rings. The van der Waals surface area contributed by atoms with Crippen LogP contribution < -0.4 is 10.6 Å². The summed E-state index contributed by atoms with van der Waals surface area (Å²) in [5.41, 5.74) is 1.77. The SMILES string of the molecule is CCNc1cncc(C(=O)NCc2ccc(C#N)cc2)n1. The number of hydrogen-bond acceptors (Lipinski definition) is 5. The molecule has 6 heteroatoms. The molecule has 1 amide bonds. The van der Waals surface area contributed by atoms with Gasteiger partial charge in [0.15, 0.2) is 0 Å². The molecule has 1 aromatic heterocycles. The Morgan fingerprint density at radius 1 is 1.29 bits per heavy atom. The summed E-state index contributed by atoms with van der Waals surface area (Å²) in [5, 5.41) is 14.5. The number of benzene rings is 1. The van der Waals surface area contributed by atoms with Gasteiger partial charge in [-0.1, -0.05) is 12.1 Å². The van der Waals surface area contributed by atoms with Crippen molar-refractivity contribution in [1.82, 2.24) is 15.3 Å². The Morgan fingerprint density at radius 2 is 2.05 bits per heavy atom. The van der Waals surface area contributed by atoms with E-state index in [2.05, 4.69) is 26.7 Å². The fraction of sp³-hybridized carbons (Fsp3) is 0.200. The molecule has 2 rings (SSSR count). The predicted octanol–water partition coefficient (Wildman–Crippen LogP) is 1.71. The van der Waals surface area contributed by atoms with E-state index in [0.717, 1.165) is 5.56 Å². The maximum absolute atomic E-state index is 12.0. The normalized spacial score (nSPS) is 9.71. The number of rotatable bonds is 5. The molecule has 0 atom stereocenters. The monoisotopic (exact) mass is 281 g/mol. The summed E-state index contributed by atoms with van der Waals surface area (Å²) in [6, 6.07) is 9.09. The van der Waals surface area contributed by atoms with E-state index in [1.54, 1.807) is 30.5 Å². The molecule has 0 spiro atoms. The average molecular weight is 281 g/mol. The van der Waals surface area contributed by atoms with Gasteiger partial charge < -0.3 is 10.6 Å². The van der Waals surface area contributed by atoms with Crippen LogP contribution in [0.2, 0.25) is 0 Å². The van der Waals surface area contributed by atoms with E-state index in [-0.39, 0.29) is 11.6 Å². The van der Waals surface area contributed by atoms with Crippen LogP contribution in [0.4, 0.5) is 5.82 Å². The molecule has 0 bridgehead atoms. The summed E-state index contributed by atoms with van der Waals surface area (Å²) >= 11 is 0. The fourth-order valence-electron chi connectivity index (χ4n) is 1.71. The zero-order valence-electron chi connectivity index (χ0n) is 11.6. The molecule has 0 fully saturated rings. The summed E-state index contributed by atoms with van der Waals surface area (Å²) < 4.78 is 0. The summed E-state index contributed by atoms with van der Waals surface area (Å²) in [6.45, 7) is 3.03. The predicted molar refractivity (Wildman–Crippen MR) is 78.5 cm³/mol. The molecular formula is C15H15N5O. The van der Waals surface area contributed by atoms with Crippen molar-refractivity contribution in [2.45, 2.75) is 13.5 Å². The molecule has 106 valence electrons. The Morgan fingerprint density at radius 3 is 2.71 bits per heavy atom. The van der Waals surface area contributed by atoms with Crippen molar-refractivity contribution in [2.24, 2.45) is 0 Å². The highest BCUT2D eigenvalue weighted by Crippen LogP contribution is 2.05. The highest BCUT2D eigenvalue weighted by atomic mass is 16.1. The van der Waals surface area contributed by atoms with Gasteiger partial charge >= 0.3 is 0 Å². The number of aromatic nitrogens is 2. The summed E-state index contributed by atoms with van der Waals surface area (Å²) in [7, 11) is 0. The first-order chi connectivity index (χ1) is 10.2. The Labute approximate surface area is 122 Å². The first-order valence-electron chi connectivity index (χ1n) is 6.56. The topological polar surface area (TPSA) is 90.7 Å². The smallest absolute Gasteiger partial charge is 0.271 e. The molecule has 1 aromatic carbocycles. The molecule has 0 radical (unpaired) electrons. The number of nitrogens with one attached hydrogen (secondary N) is 2. The molecule has 0 aliphatic heterocycles. The van der Waals surface area contributed by atoms with Gasteiger partial charge in [0.2, 0.25) is 0 Å². The summed E-state index contributed by atoms with van der Waals surface area (Å²) in [5.74, 6) is 0.287. The molecule has 2 aromatic rings. The Hall–Kier alpha value is -2.94. The van der Waals surface area contributed by atoms with E-state index >= 15 is 0 Å². The third-order valence-corrected chi connectivity index (χ3v) is 2.76. The number of hydrogen-bond donors (Lipinski definition) is 2. The van der Waals surface area contributed by atoms with Crippen molar-refractivity contribution in [3.63, 3.8) is 0 Å². The molecule has 2 N–H and O–H groups in total. The lowest BCUT2D eigenvalue weighted by Gasteiger charge is -2.06. The second kappa shape index (κ2) is 7.01. The van der Waals surface area contributed by atoms with Gasteiger partial charge in [-0.3, -0.25) is 9.78 Å². The van der Waals surface area contributed by atoms with E-state index in [1.807, 2.05) is 6.92 Å². The van der Waals surface area contributed by atoms with E-state index in [4.69, 9.17) is 5.26 Å². The number of nitrogens with zero attached hydrogens (tertiary/aromatic N) is 3.